The molecule has 4 nitrogen and oxygen atoms in total. The molecule has 2 aromatic rings. The van der Waals surface area contributed by atoms with E-state index in [9.17, 15) is 0 Å². The molecule has 1 aliphatic carbocycles. The van der Waals surface area contributed by atoms with Crippen molar-refractivity contribution in [2.75, 3.05) is 0 Å². The summed E-state index contributed by atoms with van der Waals surface area (Å²) in [5, 5.41) is 4.05. The van der Waals surface area contributed by atoms with Crippen LogP contribution < -0.4 is 5.73 Å². The Labute approximate surface area is 106 Å². The molecule has 1 aromatic carbocycles. The minimum absolute atomic E-state index is 0.116. The standard InChI is InChI=1S/C14H17N3O/c1-10-5-2-3-6-11(10)13-16-12(18-17-13)9-14(15)7-4-8-14/h2-3,5-6H,4,7-9,15H2,1H3. The van der Waals surface area contributed by atoms with Gasteiger partial charge in [0.05, 0.1) is 0 Å². The number of hydrogen-bond acceptors (Lipinski definition) is 4. The Morgan fingerprint density at radius 2 is 2.11 bits per heavy atom. The fourth-order valence-corrected chi connectivity index (χ4v) is 2.37. The second kappa shape index (κ2) is 4.21. The molecule has 94 valence electrons. The summed E-state index contributed by atoms with van der Waals surface area (Å²) >= 11 is 0. The van der Waals surface area contributed by atoms with Crippen LogP contribution in [0.25, 0.3) is 11.4 Å². The number of aromatic nitrogens is 2. The van der Waals surface area contributed by atoms with Gasteiger partial charge in [0.1, 0.15) is 0 Å². The van der Waals surface area contributed by atoms with Gasteiger partial charge in [-0.3, -0.25) is 0 Å². The molecule has 0 spiro atoms. The lowest BCUT2D eigenvalue weighted by atomic mass is 9.75. The first-order valence-electron chi connectivity index (χ1n) is 6.34. The van der Waals surface area contributed by atoms with Crippen LogP contribution in [-0.2, 0) is 6.42 Å². The third-order valence-electron chi connectivity index (χ3n) is 3.71. The van der Waals surface area contributed by atoms with Crippen LogP contribution in [-0.4, -0.2) is 15.7 Å². The maximum Gasteiger partial charge on any atom is 0.228 e. The molecule has 0 atom stereocenters. The summed E-state index contributed by atoms with van der Waals surface area (Å²) in [6.07, 6.45) is 3.99. The summed E-state index contributed by atoms with van der Waals surface area (Å²) in [5.74, 6) is 1.31. The second-order valence-corrected chi connectivity index (χ2v) is 5.22. The van der Waals surface area contributed by atoms with Gasteiger partial charge in [-0.1, -0.05) is 29.4 Å². The molecule has 1 heterocycles. The highest BCUT2D eigenvalue weighted by Gasteiger charge is 2.34. The Hall–Kier alpha value is -1.68. The van der Waals surface area contributed by atoms with Crippen molar-refractivity contribution in [3.63, 3.8) is 0 Å². The largest absolute Gasteiger partial charge is 0.339 e. The lowest BCUT2D eigenvalue weighted by Crippen LogP contribution is -2.48. The molecule has 18 heavy (non-hydrogen) atoms. The number of nitrogens with two attached hydrogens (primary N) is 1. The zero-order valence-electron chi connectivity index (χ0n) is 10.5. The van der Waals surface area contributed by atoms with E-state index in [1.165, 1.54) is 6.42 Å². The fraction of sp³-hybridized carbons (Fsp3) is 0.429. The summed E-state index contributed by atoms with van der Waals surface area (Å²) in [6, 6.07) is 8.03. The Morgan fingerprint density at radius 1 is 1.33 bits per heavy atom. The third kappa shape index (κ3) is 2.04. The minimum Gasteiger partial charge on any atom is -0.339 e. The van der Waals surface area contributed by atoms with Crippen LogP contribution in [0.1, 0.15) is 30.7 Å². The van der Waals surface area contributed by atoms with Crippen LogP contribution in [0.2, 0.25) is 0 Å². The van der Waals surface area contributed by atoms with Gasteiger partial charge < -0.3 is 10.3 Å². The van der Waals surface area contributed by atoms with Crippen LogP contribution in [0.4, 0.5) is 0 Å². The lowest BCUT2D eigenvalue weighted by Gasteiger charge is -2.36. The van der Waals surface area contributed by atoms with Gasteiger partial charge in [0.25, 0.3) is 0 Å². The smallest absolute Gasteiger partial charge is 0.228 e. The van der Waals surface area contributed by atoms with Gasteiger partial charge in [0.2, 0.25) is 11.7 Å². The number of aryl methyl sites for hydroxylation is 1. The molecule has 0 amide bonds. The predicted octanol–water partition coefficient (Wildman–Crippen LogP) is 2.47. The quantitative estimate of drug-likeness (QED) is 0.899. The number of benzene rings is 1. The van der Waals surface area contributed by atoms with Gasteiger partial charge in [-0.2, -0.15) is 4.98 Å². The highest BCUT2D eigenvalue weighted by molar-refractivity contribution is 5.58. The molecule has 1 saturated carbocycles. The Balaban J connectivity index is 1.83. The zero-order valence-corrected chi connectivity index (χ0v) is 10.5. The predicted molar refractivity (Wildman–Crippen MR) is 68.9 cm³/mol. The second-order valence-electron chi connectivity index (χ2n) is 5.22. The molecular weight excluding hydrogens is 226 g/mol. The summed E-state index contributed by atoms with van der Waals surface area (Å²) in [6.45, 7) is 2.04. The molecule has 2 N–H and O–H groups in total. The monoisotopic (exact) mass is 243 g/mol. The number of rotatable bonds is 3. The van der Waals surface area contributed by atoms with Crippen LogP contribution in [0, 0.1) is 6.92 Å². The highest BCUT2D eigenvalue weighted by atomic mass is 16.5. The maximum atomic E-state index is 6.18. The maximum absolute atomic E-state index is 6.18. The number of hydrogen-bond donors (Lipinski definition) is 1. The average Bonchev–Trinajstić information content (AvgIpc) is 2.76. The minimum atomic E-state index is -0.116. The first kappa shape index (κ1) is 11.4. The van der Waals surface area contributed by atoms with Crippen LogP contribution >= 0.6 is 0 Å². The molecule has 0 radical (unpaired) electrons. The van der Waals surface area contributed by atoms with E-state index in [2.05, 4.69) is 10.1 Å². The average molecular weight is 243 g/mol. The molecule has 0 saturated heterocycles. The van der Waals surface area contributed by atoms with Gasteiger partial charge in [-0.25, -0.2) is 0 Å². The van der Waals surface area contributed by atoms with E-state index in [0.29, 0.717) is 18.1 Å². The molecule has 1 aliphatic rings. The van der Waals surface area contributed by atoms with Crippen molar-refractivity contribution in [2.24, 2.45) is 5.73 Å². The van der Waals surface area contributed by atoms with Gasteiger partial charge in [0.15, 0.2) is 0 Å². The molecule has 4 heteroatoms. The summed E-state index contributed by atoms with van der Waals surface area (Å²) < 4.78 is 5.30. The van der Waals surface area contributed by atoms with E-state index in [1.807, 2.05) is 31.2 Å². The van der Waals surface area contributed by atoms with E-state index in [0.717, 1.165) is 24.0 Å². The zero-order chi connectivity index (χ0) is 12.6. The van der Waals surface area contributed by atoms with Gasteiger partial charge >= 0.3 is 0 Å². The normalized spacial score (nSPS) is 17.4. The van der Waals surface area contributed by atoms with Gasteiger partial charge in [-0.05, 0) is 31.7 Å². The SMILES string of the molecule is Cc1ccccc1-c1noc(CC2(N)CCC2)n1. The number of nitrogens with zero attached hydrogens (tertiary/aromatic N) is 2. The first-order valence-corrected chi connectivity index (χ1v) is 6.34. The third-order valence-corrected chi connectivity index (χ3v) is 3.71. The van der Waals surface area contributed by atoms with Crippen LogP contribution in [0.3, 0.4) is 0 Å². The van der Waals surface area contributed by atoms with E-state index >= 15 is 0 Å². The fourth-order valence-electron chi connectivity index (χ4n) is 2.37. The van der Waals surface area contributed by atoms with Crippen molar-refractivity contribution in [2.45, 2.75) is 38.1 Å². The lowest BCUT2D eigenvalue weighted by molar-refractivity contribution is 0.222. The molecule has 0 unspecified atom stereocenters. The summed E-state index contributed by atoms with van der Waals surface area (Å²) in [4.78, 5) is 4.45. The summed E-state index contributed by atoms with van der Waals surface area (Å²) in [7, 11) is 0. The Kier molecular flexibility index (Phi) is 2.67. The Bertz CT molecular complexity index is 558. The first-order chi connectivity index (χ1) is 8.66. The van der Waals surface area contributed by atoms with Crippen molar-refractivity contribution in [1.29, 1.82) is 0 Å². The summed E-state index contributed by atoms with van der Waals surface area (Å²) in [5.41, 5.74) is 8.24. The van der Waals surface area contributed by atoms with Crippen molar-refractivity contribution in [1.82, 2.24) is 10.1 Å². The van der Waals surface area contributed by atoms with E-state index in [-0.39, 0.29) is 5.54 Å². The van der Waals surface area contributed by atoms with Crippen molar-refractivity contribution in [3.05, 3.63) is 35.7 Å². The van der Waals surface area contributed by atoms with Crippen molar-refractivity contribution < 1.29 is 4.52 Å². The molecule has 0 bridgehead atoms. The van der Waals surface area contributed by atoms with Crippen LogP contribution in [0.5, 0.6) is 0 Å². The van der Waals surface area contributed by atoms with E-state index < -0.39 is 0 Å². The van der Waals surface area contributed by atoms with Crippen molar-refractivity contribution >= 4 is 0 Å². The Morgan fingerprint density at radius 3 is 2.78 bits per heavy atom. The van der Waals surface area contributed by atoms with E-state index in [4.69, 9.17) is 10.3 Å². The van der Waals surface area contributed by atoms with E-state index in [1.54, 1.807) is 0 Å². The topological polar surface area (TPSA) is 64.9 Å². The molecule has 3 rings (SSSR count). The van der Waals surface area contributed by atoms with Crippen molar-refractivity contribution in [3.8, 4) is 11.4 Å². The molecular formula is C14H17N3O. The highest BCUT2D eigenvalue weighted by Crippen LogP contribution is 2.32. The van der Waals surface area contributed by atoms with Gasteiger partial charge in [-0.15, -0.1) is 0 Å². The molecule has 0 aliphatic heterocycles. The van der Waals surface area contributed by atoms with Crippen LogP contribution in [0.15, 0.2) is 28.8 Å². The molecule has 1 fully saturated rings. The van der Waals surface area contributed by atoms with Gasteiger partial charge in [0, 0.05) is 17.5 Å². The molecule has 1 aromatic heterocycles.